The van der Waals surface area contributed by atoms with Gasteiger partial charge in [0.1, 0.15) is 5.65 Å². The van der Waals surface area contributed by atoms with Gasteiger partial charge in [0, 0.05) is 46.5 Å². The van der Waals surface area contributed by atoms with Crippen LogP contribution in [0.15, 0.2) is 79.3 Å². The molecule has 0 aliphatic rings. The molecule has 0 bridgehead atoms. The van der Waals surface area contributed by atoms with Gasteiger partial charge in [-0.05, 0) is 54.1 Å². The van der Waals surface area contributed by atoms with Gasteiger partial charge in [-0.3, -0.25) is 9.48 Å². The largest absolute Gasteiger partial charge is 0.416 e. The standard InChI is InChI=1S/C25H19F3N6O/c26-25(27,28)19-3-1-2-16(11-19)24(35)33-20-5-4-17(21(29)12-20)14-34-22(7-9-32-34)18-10-15-6-8-30-23(15)31-13-18/h1-13H,14,29H2,(H,30,31)(H,33,35). The average molecular weight is 476 g/mol. The van der Waals surface area contributed by atoms with Gasteiger partial charge in [0.05, 0.1) is 17.8 Å². The molecule has 0 saturated heterocycles. The Labute approximate surface area is 197 Å². The van der Waals surface area contributed by atoms with Gasteiger partial charge < -0.3 is 16.0 Å². The lowest BCUT2D eigenvalue weighted by Gasteiger charge is -2.13. The maximum absolute atomic E-state index is 12.9. The highest BCUT2D eigenvalue weighted by atomic mass is 19.4. The van der Waals surface area contributed by atoms with Crippen LogP contribution in [-0.4, -0.2) is 25.7 Å². The van der Waals surface area contributed by atoms with Gasteiger partial charge in [-0.1, -0.05) is 12.1 Å². The topological polar surface area (TPSA) is 102 Å². The third-order valence-corrected chi connectivity index (χ3v) is 5.59. The lowest BCUT2D eigenvalue weighted by Crippen LogP contribution is -2.14. The van der Waals surface area contributed by atoms with Crippen LogP contribution in [0.3, 0.4) is 0 Å². The highest BCUT2D eigenvalue weighted by Gasteiger charge is 2.30. The molecule has 3 heterocycles. The van der Waals surface area contributed by atoms with Crippen molar-refractivity contribution in [2.45, 2.75) is 12.7 Å². The van der Waals surface area contributed by atoms with Gasteiger partial charge in [0.15, 0.2) is 0 Å². The molecule has 0 saturated carbocycles. The fourth-order valence-corrected chi connectivity index (χ4v) is 3.80. The summed E-state index contributed by atoms with van der Waals surface area (Å²) in [5.74, 6) is -0.662. The third kappa shape index (κ3) is 4.58. The number of pyridine rings is 1. The lowest BCUT2D eigenvalue weighted by atomic mass is 10.1. The molecule has 5 rings (SSSR count). The van der Waals surface area contributed by atoms with Gasteiger partial charge in [-0.15, -0.1) is 0 Å². The van der Waals surface area contributed by atoms with Crippen LogP contribution >= 0.6 is 0 Å². The molecular weight excluding hydrogens is 457 g/mol. The number of nitrogens with zero attached hydrogens (tertiary/aromatic N) is 3. The number of aromatic amines is 1. The van der Waals surface area contributed by atoms with Crippen LogP contribution in [0, 0.1) is 0 Å². The Morgan fingerprint density at radius 2 is 1.94 bits per heavy atom. The van der Waals surface area contributed by atoms with Crippen LogP contribution in [0.4, 0.5) is 24.5 Å². The summed E-state index contributed by atoms with van der Waals surface area (Å²) in [5.41, 5.74) is 9.35. The van der Waals surface area contributed by atoms with E-state index in [-0.39, 0.29) is 5.56 Å². The first-order valence-corrected chi connectivity index (χ1v) is 10.6. The minimum Gasteiger partial charge on any atom is -0.398 e. The molecule has 35 heavy (non-hydrogen) atoms. The Morgan fingerprint density at radius 3 is 2.74 bits per heavy atom. The highest BCUT2D eigenvalue weighted by Crippen LogP contribution is 2.30. The van der Waals surface area contributed by atoms with E-state index in [4.69, 9.17) is 5.73 Å². The van der Waals surface area contributed by atoms with Crippen molar-refractivity contribution in [2.24, 2.45) is 0 Å². The van der Waals surface area contributed by atoms with Gasteiger partial charge in [-0.25, -0.2) is 4.98 Å². The minimum atomic E-state index is -4.53. The molecule has 10 heteroatoms. The normalized spacial score (nSPS) is 11.6. The average Bonchev–Trinajstić information content (AvgIpc) is 3.49. The van der Waals surface area contributed by atoms with Crippen LogP contribution in [0.25, 0.3) is 22.3 Å². The Morgan fingerprint density at radius 1 is 1.09 bits per heavy atom. The second-order valence-corrected chi connectivity index (χ2v) is 7.96. The molecule has 0 aliphatic heterocycles. The zero-order chi connectivity index (χ0) is 24.6. The van der Waals surface area contributed by atoms with E-state index in [1.807, 2.05) is 24.4 Å². The number of benzene rings is 2. The van der Waals surface area contributed by atoms with Gasteiger partial charge in [-0.2, -0.15) is 18.3 Å². The molecule has 0 spiro atoms. The van der Waals surface area contributed by atoms with Crippen molar-refractivity contribution < 1.29 is 18.0 Å². The zero-order valence-corrected chi connectivity index (χ0v) is 18.2. The predicted octanol–water partition coefficient (Wildman–Crippen LogP) is 5.33. The van der Waals surface area contributed by atoms with E-state index >= 15 is 0 Å². The molecule has 0 atom stereocenters. The highest BCUT2D eigenvalue weighted by molar-refractivity contribution is 6.04. The van der Waals surface area contributed by atoms with Gasteiger partial charge in [0.2, 0.25) is 0 Å². The second-order valence-electron chi connectivity index (χ2n) is 7.96. The number of nitrogens with two attached hydrogens (primary N) is 1. The number of carbonyl (C=O) groups excluding carboxylic acids is 1. The molecule has 0 unspecified atom stereocenters. The number of rotatable bonds is 5. The van der Waals surface area contributed by atoms with Crippen molar-refractivity contribution in [3.8, 4) is 11.3 Å². The number of hydrogen-bond acceptors (Lipinski definition) is 4. The number of nitrogen functional groups attached to an aromatic ring is 1. The van der Waals surface area contributed by atoms with Crippen molar-refractivity contribution in [3.05, 3.63) is 95.9 Å². The molecule has 0 aliphatic carbocycles. The molecule has 7 nitrogen and oxygen atoms in total. The smallest absolute Gasteiger partial charge is 0.398 e. The van der Waals surface area contributed by atoms with Crippen LogP contribution < -0.4 is 11.1 Å². The Hall–Kier alpha value is -4.60. The quantitative estimate of drug-likeness (QED) is 0.299. The van der Waals surface area contributed by atoms with Crippen LogP contribution in [0.1, 0.15) is 21.5 Å². The Kier molecular flexibility index (Phi) is 5.48. The lowest BCUT2D eigenvalue weighted by molar-refractivity contribution is -0.137. The molecule has 2 aromatic carbocycles. The monoisotopic (exact) mass is 476 g/mol. The fraction of sp³-hybridized carbons (Fsp3) is 0.0800. The molecule has 3 aromatic heterocycles. The van der Waals surface area contributed by atoms with Crippen molar-refractivity contribution >= 4 is 28.3 Å². The molecular formula is C25H19F3N6O. The number of fused-ring (bicyclic) bond motifs is 1. The number of hydrogen-bond donors (Lipinski definition) is 3. The van der Waals surface area contributed by atoms with Crippen molar-refractivity contribution in [3.63, 3.8) is 0 Å². The number of nitrogens with one attached hydrogen (secondary N) is 2. The van der Waals surface area contributed by atoms with Gasteiger partial charge >= 0.3 is 6.18 Å². The summed E-state index contributed by atoms with van der Waals surface area (Å²) in [6.07, 6.45) is 0.753. The van der Waals surface area contributed by atoms with E-state index in [1.165, 1.54) is 12.1 Å². The van der Waals surface area contributed by atoms with Crippen molar-refractivity contribution in [1.29, 1.82) is 0 Å². The van der Waals surface area contributed by atoms with E-state index < -0.39 is 17.6 Å². The predicted molar refractivity (Wildman–Crippen MR) is 127 cm³/mol. The van der Waals surface area contributed by atoms with Crippen LogP contribution in [-0.2, 0) is 12.7 Å². The molecule has 5 aromatic rings. The van der Waals surface area contributed by atoms with E-state index in [1.54, 1.807) is 35.3 Å². The van der Waals surface area contributed by atoms with Crippen molar-refractivity contribution in [1.82, 2.24) is 19.7 Å². The second kappa shape index (κ2) is 8.64. The molecule has 0 fully saturated rings. The summed E-state index contributed by atoms with van der Waals surface area (Å²) < 4.78 is 40.6. The number of amides is 1. The maximum Gasteiger partial charge on any atom is 0.416 e. The van der Waals surface area contributed by atoms with E-state index in [0.29, 0.717) is 17.9 Å². The number of anilines is 2. The number of halogens is 3. The minimum absolute atomic E-state index is 0.100. The summed E-state index contributed by atoms with van der Waals surface area (Å²) in [4.78, 5) is 20.0. The van der Waals surface area contributed by atoms with E-state index in [0.717, 1.165) is 40.0 Å². The first kappa shape index (κ1) is 22.2. The van der Waals surface area contributed by atoms with Crippen molar-refractivity contribution in [2.75, 3.05) is 11.1 Å². The number of aromatic nitrogens is 4. The number of carbonyl (C=O) groups is 1. The summed E-state index contributed by atoms with van der Waals surface area (Å²) in [6.45, 7) is 0.376. The molecule has 4 N–H and O–H groups in total. The first-order valence-electron chi connectivity index (χ1n) is 10.6. The Balaban J connectivity index is 1.33. The molecule has 1 amide bonds. The van der Waals surface area contributed by atoms with Gasteiger partial charge in [0.25, 0.3) is 5.91 Å². The zero-order valence-electron chi connectivity index (χ0n) is 18.2. The van der Waals surface area contributed by atoms with E-state index in [9.17, 15) is 18.0 Å². The van der Waals surface area contributed by atoms with Crippen LogP contribution in [0.2, 0.25) is 0 Å². The molecule has 176 valence electrons. The van der Waals surface area contributed by atoms with Crippen LogP contribution in [0.5, 0.6) is 0 Å². The fourth-order valence-electron chi connectivity index (χ4n) is 3.80. The maximum atomic E-state index is 12.9. The number of H-pyrrole nitrogens is 1. The molecule has 0 radical (unpaired) electrons. The first-order chi connectivity index (χ1) is 16.8. The summed E-state index contributed by atoms with van der Waals surface area (Å²) in [6, 6.07) is 15.0. The summed E-state index contributed by atoms with van der Waals surface area (Å²) in [7, 11) is 0. The summed E-state index contributed by atoms with van der Waals surface area (Å²) >= 11 is 0. The summed E-state index contributed by atoms with van der Waals surface area (Å²) in [5, 5.41) is 7.98. The Bertz CT molecular complexity index is 1540. The SMILES string of the molecule is Nc1cc(NC(=O)c2cccc(C(F)(F)F)c2)ccc1Cn1nccc1-c1cnc2[nH]ccc2c1. The third-order valence-electron chi connectivity index (χ3n) is 5.59. The van der Waals surface area contributed by atoms with E-state index in [2.05, 4.69) is 20.4 Å². The number of alkyl halides is 3.